The van der Waals surface area contributed by atoms with Gasteiger partial charge in [0.1, 0.15) is 0 Å². The third-order valence-electron chi connectivity index (χ3n) is 3.94. The van der Waals surface area contributed by atoms with E-state index in [1.54, 1.807) is 0 Å². The number of aliphatic hydroxyl groups excluding tert-OH is 1. The number of hydrogen-bond acceptors (Lipinski definition) is 2. The average Bonchev–Trinajstić information content (AvgIpc) is 2.57. The molecule has 2 aliphatic rings. The molecule has 2 nitrogen and oxygen atoms in total. The molecule has 0 amide bonds. The highest BCUT2D eigenvalue weighted by Crippen LogP contribution is 2.38. The van der Waals surface area contributed by atoms with Crippen LogP contribution in [0.15, 0.2) is 0 Å². The van der Waals surface area contributed by atoms with Crippen molar-refractivity contribution in [3.05, 3.63) is 0 Å². The first-order valence-corrected chi connectivity index (χ1v) is 6.10. The lowest BCUT2D eigenvalue weighted by Gasteiger charge is -2.38. The SMILES string of the molecule is CC(C)C[C@@H]1NC[C@@H]2CCC[C@@H]2[C@H]1O. The van der Waals surface area contributed by atoms with Crippen LogP contribution in [0.25, 0.3) is 0 Å². The van der Waals surface area contributed by atoms with Gasteiger partial charge in [0, 0.05) is 6.04 Å². The first kappa shape index (κ1) is 10.4. The lowest BCUT2D eigenvalue weighted by molar-refractivity contribution is 0.0155. The summed E-state index contributed by atoms with van der Waals surface area (Å²) in [5.41, 5.74) is 0. The lowest BCUT2D eigenvalue weighted by atomic mass is 9.81. The molecule has 1 aliphatic carbocycles. The Morgan fingerprint density at radius 3 is 2.86 bits per heavy atom. The van der Waals surface area contributed by atoms with E-state index in [9.17, 15) is 5.11 Å². The van der Waals surface area contributed by atoms with E-state index < -0.39 is 0 Å². The summed E-state index contributed by atoms with van der Waals surface area (Å²) in [4.78, 5) is 0. The summed E-state index contributed by atoms with van der Waals surface area (Å²) in [5.74, 6) is 2.04. The van der Waals surface area contributed by atoms with Gasteiger partial charge in [0.25, 0.3) is 0 Å². The molecule has 0 unspecified atom stereocenters. The summed E-state index contributed by atoms with van der Waals surface area (Å²) in [6, 6.07) is 0.356. The van der Waals surface area contributed by atoms with Crippen molar-refractivity contribution in [3.8, 4) is 0 Å². The summed E-state index contributed by atoms with van der Waals surface area (Å²) in [6.45, 7) is 5.60. The van der Waals surface area contributed by atoms with Crippen LogP contribution in [0.5, 0.6) is 0 Å². The standard InChI is InChI=1S/C12H23NO/c1-8(2)6-11-12(14)10-5-3-4-9(10)7-13-11/h8-14H,3-7H2,1-2H3/t9-,10-,11-,12+/m0/s1. The molecule has 0 spiro atoms. The maximum Gasteiger partial charge on any atom is 0.0724 e. The molecule has 14 heavy (non-hydrogen) atoms. The summed E-state index contributed by atoms with van der Waals surface area (Å²) in [7, 11) is 0. The predicted octanol–water partition coefficient (Wildman–Crippen LogP) is 1.78. The first-order chi connectivity index (χ1) is 6.68. The van der Waals surface area contributed by atoms with Crippen LogP contribution in [0.3, 0.4) is 0 Å². The lowest BCUT2D eigenvalue weighted by Crippen LogP contribution is -2.53. The van der Waals surface area contributed by atoms with Gasteiger partial charge in [-0.15, -0.1) is 0 Å². The molecule has 0 radical (unpaired) electrons. The van der Waals surface area contributed by atoms with E-state index >= 15 is 0 Å². The second-order valence-corrected chi connectivity index (χ2v) is 5.49. The van der Waals surface area contributed by atoms with Gasteiger partial charge in [0.05, 0.1) is 6.10 Å². The molecule has 0 aromatic rings. The van der Waals surface area contributed by atoms with Gasteiger partial charge in [0.15, 0.2) is 0 Å². The Labute approximate surface area is 87.1 Å². The monoisotopic (exact) mass is 197 g/mol. The van der Waals surface area contributed by atoms with E-state index in [0.717, 1.165) is 18.9 Å². The Morgan fingerprint density at radius 1 is 1.36 bits per heavy atom. The summed E-state index contributed by atoms with van der Waals surface area (Å²) < 4.78 is 0. The molecular weight excluding hydrogens is 174 g/mol. The Morgan fingerprint density at radius 2 is 2.14 bits per heavy atom. The molecule has 0 aromatic heterocycles. The topological polar surface area (TPSA) is 32.3 Å². The zero-order chi connectivity index (χ0) is 10.1. The maximum atomic E-state index is 10.2. The highest BCUT2D eigenvalue weighted by atomic mass is 16.3. The van der Waals surface area contributed by atoms with Gasteiger partial charge in [-0.3, -0.25) is 0 Å². The van der Waals surface area contributed by atoms with Crippen molar-refractivity contribution in [1.82, 2.24) is 5.32 Å². The number of piperidine rings is 1. The van der Waals surface area contributed by atoms with E-state index in [2.05, 4.69) is 19.2 Å². The predicted molar refractivity (Wildman–Crippen MR) is 58.1 cm³/mol. The van der Waals surface area contributed by atoms with Crippen molar-refractivity contribution in [2.75, 3.05) is 6.54 Å². The minimum absolute atomic E-state index is 0.0846. The molecule has 82 valence electrons. The molecule has 2 rings (SSSR count). The number of rotatable bonds is 2. The highest BCUT2D eigenvalue weighted by molar-refractivity contribution is 4.95. The van der Waals surface area contributed by atoms with Crippen molar-refractivity contribution in [1.29, 1.82) is 0 Å². The van der Waals surface area contributed by atoms with Crippen LogP contribution < -0.4 is 5.32 Å². The molecule has 0 bridgehead atoms. The fourth-order valence-electron chi connectivity index (χ4n) is 3.22. The van der Waals surface area contributed by atoms with Crippen LogP contribution >= 0.6 is 0 Å². The van der Waals surface area contributed by atoms with E-state index in [0.29, 0.717) is 17.9 Å². The third-order valence-corrected chi connectivity index (χ3v) is 3.94. The second-order valence-electron chi connectivity index (χ2n) is 5.49. The Balaban J connectivity index is 1.95. The van der Waals surface area contributed by atoms with Gasteiger partial charge < -0.3 is 10.4 Å². The minimum atomic E-state index is -0.0846. The van der Waals surface area contributed by atoms with Crippen LogP contribution in [0.2, 0.25) is 0 Å². The van der Waals surface area contributed by atoms with E-state index in [-0.39, 0.29) is 6.10 Å². The third kappa shape index (κ3) is 1.96. The van der Waals surface area contributed by atoms with Gasteiger partial charge in [-0.1, -0.05) is 20.3 Å². The quantitative estimate of drug-likeness (QED) is 0.707. The molecule has 2 heteroatoms. The summed E-state index contributed by atoms with van der Waals surface area (Å²) in [6.07, 6.45) is 4.93. The Bertz CT molecular complexity index is 193. The normalized spacial score (nSPS) is 42.9. The Hall–Kier alpha value is -0.0800. The first-order valence-electron chi connectivity index (χ1n) is 6.10. The van der Waals surface area contributed by atoms with Crippen LogP contribution in [0.4, 0.5) is 0 Å². The van der Waals surface area contributed by atoms with Crippen molar-refractivity contribution in [2.45, 2.75) is 51.7 Å². The molecular formula is C12H23NO. The maximum absolute atomic E-state index is 10.2. The molecule has 1 saturated carbocycles. The fourth-order valence-corrected chi connectivity index (χ4v) is 3.22. The van der Waals surface area contributed by atoms with Crippen LogP contribution in [0.1, 0.15) is 39.5 Å². The van der Waals surface area contributed by atoms with Crippen molar-refractivity contribution in [2.24, 2.45) is 17.8 Å². The van der Waals surface area contributed by atoms with Crippen molar-refractivity contribution in [3.63, 3.8) is 0 Å². The number of hydrogen-bond donors (Lipinski definition) is 2. The zero-order valence-corrected chi connectivity index (χ0v) is 9.37. The Kier molecular flexibility index (Phi) is 3.13. The number of aliphatic hydroxyl groups is 1. The van der Waals surface area contributed by atoms with Gasteiger partial charge in [-0.05, 0) is 43.6 Å². The van der Waals surface area contributed by atoms with Gasteiger partial charge in [-0.2, -0.15) is 0 Å². The van der Waals surface area contributed by atoms with E-state index in [1.807, 2.05) is 0 Å². The largest absolute Gasteiger partial charge is 0.391 e. The summed E-state index contributed by atoms with van der Waals surface area (Å²) in [5, 5.41) is 13.7. The molecule has 2 fully saturated rings. The van der Waals surface area contributed by atoms with Crippen molar-refractivity contribution < 1.29 is 5.11 Å². The molecule has 1 heterocycles. The highest BCUT2D eigenvalue weighted by Gasteiger charge is 2.40. The average molecular weight is 197 g/mol. The summed E-state index contributed by atoms with van der Waals surface area (Å²) >= 11 is 0. The molecule has 0 aromatic carbocycles. The number of nitrogens with one attached hydrogen (secondary N) is 1. The smallest absolute Gasteiger partial charge is 0.0724 e. The zero-order valence-electron chi connectivity index (χ0n) is 9.37. The van der Waals surface area contributed by atoms with Crippen LogP contribution in [0, 0.1) is 17.8 Å². The number of fused-ring (bicyclic) bond motifs is 1. The minimum Gasteiger partial charge on any atom is -0.391 e. The van der Waals surface area contributed by atoms with Gasteiger partial charge in [0.2, 0.25) is 0 Å². The van der Waals surface area contributed by atoms with Crippen LogP contribution in [-0.2, 0) is 0 Å². The fraction of sp³-hybridized carbons (Fsp3) is 1.00. The molecule has 2 N–H and O–H groups in total. The van der Waals surface area contributed by atoms with Crippen molar-refractivity contribution >= 4 is 0 Å². The molecule has 1 saturated heterocycles. The second kappa shape index (κ2) is 4.19. The van der Waals surface area contributed by atoms with Crippen LogP contribution in [-0.4, -0.2) is 23.8 Å². The van der Waals surface area contributed by atoms with Gasteiger partial charge >= 0.3 is 0 Å². The van der Waals surface area contributed by atoms with E-state index in [1.165, 1.54) is 19.3 Å². The molecule has 4 atom stereocenters. The van der Waals surface area contributed by atoms with E-state index in [4.69, 9.17) is 0 Å². The van der Waals surface area contributed by atoms with Gasteiger partial charge in [-0.25, -0.2) is 0 Å². The molecule has 1 aliphatic heterocycles.